The number of anilines is 1. The van der Waals surface area contributed by atoms with Crippen molar-refractivity contribution in [3.63, 3.8) is 0 Å². The Bertz CT molecular complexity index is 925. The molecule has 0 spiro atoms. The molecule has 3 rings (SSSR count). The van der Waals surface area contributed by atoms with E-state index in [0.29, 0.717) is 11.3 Å². The third-order valence-electron chi connectivity index (χ3n) is 3.04. The number of rotatable bonds is 2. The van der Waals surface area contributed by atoms with Crippen LogP contribution in [0.2, 0.25) is 5.02 Å². The summed E-state index contributed by atoms with van der Waals surface area (Å²) >= 11 is 5.74. The van der Waals surface area contributed by atoms with E-state index in [1.165, 1.54) is 24.3 Å². The molecular formula is C13H8ClN3O4S. The van der Waals surface area contributed by atoms with Crippen LogP contribution in [0.25, 0.3) is 0 Å². The van der Waals surface area contributed by atoms with Crippen LogP contribution in [-0.4, -0.2) is 19.2 Å². The standard InChI is InChI=1S/C13H8ClN3O4S/c14-10-6-5-8(7-11(10)17(18)19)15-13-9-3-1-2-4-12(9)22(20,21)16-13/h1-7H,(H,15,16). The molecule has 0 atom stereocenters. The normalized spacial score (nSPS) is 15.0. The monoisotopic (exact) mass is 337 g/mol. The van der Waals surface area contributed by atoms with Gasteiger partial charge in [0, 0.05) is 17.3 Å². The van der Waals surface area contributed by atoms with Crippen molar-refractivity contribution < 1.29 is 13.3 Å². The molecule has 0 bridgehead atoms. The van der Waals surface area contributed by atoms with Crippen molar-refractivity contribution in [3.05, 3.63) is 63.2 Å². The number of nitrogens with zero attached hydrogens (tertiary/aromatic N) is 2. The molecule has 0 saturated carbocycles. The van der Waals surface area contributed by atoms with Crippen LogP contribution in [0.5, 0.6) is 0 Å². The third kappa shape index (κ3) is 2.42. The van der Waals surface area contributed by atoms with E-state index in [2.05, 4.69) is 9.71 Å². The van der Waals surface area contributed by atoms with Gasteiger partial charge in [0.25, 0.3) is 15.7 Å². The summed E-state index contributed by atoms with van der Waals surface area (Å²) in [6, 6.07) is 10.4. The van der Waals surface area contributed by atoms with Gasteiger partial charge in [-0.25, -0.2) is 0 Å². The molecule has 0 saturated heterocycles. The highest BCUT2D eigenvalue weighted by Gasteiger charge is 2.28. The first-order chi connectivity index (χ1) is 10.4. The molecule has 0 aliphatic carbocycles. The van der Waals surface area contributed by atoms with Gasteiger partial charge in [0.05, 0.1) is 4.92 Å². The highest BCUT2D eigenvalue weighted by atomic mass is 35.5. The Morgan fingerprint density at radius 1 is 1.18 bits per heavy atom. The van der Waals surface area contributed by atoms with Gasteiger partial charge in [-0.15, -0.1) is 4.40 Å². The molecule has 7 nitrogen and oxygen atoms in total. The van der Waals surface area contributed by atoms with Gasteiger partial charge >= 0.3 is 0 Å². The predicted octanol–water partition coefficient (Wildman–Crippen LogP) is 2.81. The van der Waals surface area contributed by atoms with Crippen molar-refractivity contribution >= 4 is 38.8 Å². The number of amidine groups is 1. The van der Waals surface area contributed by atoms with Crippen molar-refractivity contribution in [2.75, 3.05) is 5.32 Å². The molecule has 0 aromatic heterocycles. The van der Waals surface area contributed by atoms with E-state index in [-0.39, 0.29) is 21.4 Å². The summed E-state index contributed by atoms with van der Waals surface area (Å²) in [4.78, 5) is 10.4. The van der Waals surface area contributed by atoms with Gasteiger partial charge in [-0.3, -0.25) is 10.1 Å². The smallest absolute Gasteiger partial charge is 0.289 e. The summed E-state index contributed by atoms with van der Waals surface area (Å²) in [5.74, 6) is 0.118. The van der Waals surface area contributed by atoms with Gasteiger partial charge in [-0.2, -0.15) is 8.42 Å². The van der Waals surface area contributed by atoms with E-state index in [4.69, 9.17) is 11.6 Å². The zero-order valence-electron chi connectivity index (χ0n) is 10.9. The Morgan fingerprint density at radius 3 is 2.64 bits per heavy atom. The lowest BCUT2D eigenvalue weighted by Crippen LogP contribution is -2.11. The molecule has 1 aliphatic heterocycles. The average molecular weight is 338 g/mol. The Kier molecular flexibility index (Phi) is 3.34. The van der Waals surface area contributed by atoms with Crippen molar-refractivity contribution in [2.24, 2.45) is 4.40 Å². The molecule has 1 heterocycles. The number of nitro groups is 1. The maximum atomic E-state index is 11.9. The lowest BCUT2D eigenvalue weighted by atomic mass is 10.2. The van der Waals surface area contributed by atoms with Crippen molar-refractivity contribution in [1.82, 2.24) is 0 Å². The molecule has 2 aromatic rings. The molecule has 0 amide bonds. The highest BCUT2D eigenvalue weighted by Crippen LogP contribution is 2.30. The quantitative estimate of drug-likeness (QED) is 0.670. The van der Waals surface area contributed by atoms with Gasteiger partial charge in [0.15, 0.2) is 5.84 Å². The first kappa shape index (κ1) is 14.5. The van der Waals surface area contributed by atoms with Crippen LogP contribution in [0, 0.1) is 10.1 Å². The molecule has 1 N–H and O–H groups in total. The number of sulfonamides is 1. The molecule has 0 unspecified atom stereocenters. The van der Waals surface area contributed by atoms with Crippen molar-refractivity contribution in [1.29, 1.82) is 0 Å². The van der Waals surface area contributed by atoms with Crippen LogP contribution in [0.3, 0.4) is 0 Å². The lowest BCUT2D eigenvalue weighted by Gasteiger charge is -2.06. The Hall–Kier alpha value is -2.45. The molecule has 22 heavy (non-hydrogen) atoms. The maximum Gasteiger partial charge on any atom is 0.289 e. The third-order valence-corrected chi connectivity index (χ3v) is 4.69. The second kappa shape index (κ2) is 5.08. The number of benzene rings is 2. The molecule has 2 aromatic carbocycles. The SMILES string of the molecule is O=[N+]([O-])c1cc(NC2=NS(=O)(=O)c3ccccc32)ccc1Cl. The summed E-state index contributed by atoms with van der Waals surface area (Å²) < 4.78 is 27.5. The highest BCUT2D eigenvalue weighted by molar-refractivity contribution is 7.90. The molecule has 0 radical (unpaired) electrons. The summed E-state index contributed by atoms with van der Waals surface area (Å²) in [5.41, 5.74) is 0.461. The first-order valence-corrected chi connectivity index (χ1v) is 7.85. The van der Waals surface area contributed by atoms with E-state index >= 15 is 0 Å². The number of hydrogen-bond donors (Lipinski definition) is 1. The van der Waals surface area contributed by atoms with E-state index in [0.717, 1.165) is 0 Å². The maximum absolute atomic E-state index is 11.9. The van der Waals surface area contributed by atoms with E-state index < -0.39 is 14.9 Å². The van der Waals surface area contributed by atoms with Gasteiger partial charge in [0.1, 0.15) is 9.92 Å². The zero-order chi connectivity index (χ0) is 15.9. The minimum Gasteiger partial charge on any atom is -0.339 e. The number of hydrogen-bond acceptors (Lipinski definition) is 5. The van der Waals surface area contributed by atoms with Crippen LogP contribution in [0.15, 0.2) is 51.8 Å². The number of nitro benzene ring substituents is 1. The Balaban J connectivity index is 2.02. The minimum atomic E-state index is -3.74. The number of fused-ring (bicyclic) bond motifs is 1. The summed E-state index contributed by atoms with van der Waals surface area (Å²) in [5, 5.41) is 13.7. The van der Waals surface area contributed by atoms with Crippen LogP contribution < -0.4 is 5.32 Å². The van der Waals surface area contributed by atoms with Gasteiger partial charge < -0.3 is 5.32 Å². The second-order valence-corrected chi connectivity index (χ2v) is 6.44. The summed E-state index contributed by atoms with van der Waals surface area (Å²) in [6.45, 7) is 0. The topological polar surface area (TPSA) is 102 Å². The van der Waals surface area contributed by atoms with Gasteiger partial charge in [-0.1, -0.05) is 23.7 Å². The summed E-state index contributed by atoms with van der Waals surface area (Å²) in [6.07, 6.45) is 0. The fourth-order valence-corrected chi connectivity index (χ4v) is 3.43. The van der Waals surface area contributed by atoms with E-state index in [1.807, 2.05) is 0 Å². The first-order valence-electron chi connectivity index (χ1n) is 6.04. The molecular weight excluding hydrogens is 330 g/mol. The van der Waals surface area contributed by atoms with Crippen molar-refractivity contribution in [3.8, 4) is 0 Å². The Morgan fingerprint density at radius 2 is 1.91 bits per heavy atom. The van der Waals surface area contributed by atoms with Gasteiger partial charge in [-0.05, 0) is 24.3 Å². The summed E-state index contributed by atoms with van der Waals surface area (Å²) in [7, 11) is -3.74. The lowest BCUT2D eigenvalue weighted by molar-refractivity contribution is -0.384. The Labute approximate surface area is 130 Å². The molecule has 9 heteroatoms. The fraction of sp³-hybridized carbons (Fsp3) is 0. The fourth-order valence-electron chi connectivity index (χ4n) is 2.06. The number of nitrogens with one attached hydrogen (secondary N) is 1. The van der Waals surface area contributed by atoms with Crippen molar-refractivity contribution in [2.45, 2.75) is 4.90 Å². The minimum absolute atomic E-state index is 0.00284. The zero-order valence-corrected chi connectivity index (χ0v) is 12.4. The van der Waals surface area contributed by atoms with Crippen LogP contribution >= 0.6 is 11.6 Å². The van der Waals surface area contributed by atoms with Gasteiger partial charge in [0.2, 0.25) is 0 Å². The largest absolute Gasteiger partial charge is 0.339 e. The molecule has 1 aliphatic rings. The van der Waals surface area contributed by atoms with Crippen LogP contribution in [-0.2, 0) is 10.0 Å². The van der Waals surface area contributed by atoms with Crippen LogP contribution in [0.1, 0.15) is 5.56 Å². The van der Waals surface area contributed by atoms with E-state index in [1.54, 1.807) is 18.2 Å². The van der Waals surface area contributed by atoms with Crippen LogP contribution in [0.4, 0.5) is 11.4 Å². The predicted molar refractivity (Wildman–Crippen MR) is 81.9 cm³/mol. The average Bonchev–Trinajstić information content (AvgIpc) is 2.72. The molecule has 0 fully saturated rings. The number of halogens is 1. The second-order valence-electron chi connectivity index (χ2n) is 4.46. The van der Waals surface area contributed by atoms with E-state index in [9.17, 15) is 18.5 Å². The molecule has 112 valence electrons.